The standard InChI is InChI=1S/C12H24N2O2S/c15-17(16,9-6-11-2-1-3-11)14-8-5-12-4-7-13-10-12/h11-14H,1-10H2. The Labute approximate surface area is 105 Å². The van der Waals surface area contributed by atoms with Crippen LogP contribution in [0.2, 0.25) is 0 Å². The number of rotatable bonds is 7. The van der Waals surface area contributed by atoms with Crippen molar-refractivity contribution in [2.75, 3.05) is 25.4 Å². The van der Waals surface area contributed by atoms with Crippen LogP contribution in [0.15, 0.2) is 0 Å². The summed E-state index contributed by atoms with van der Waals surface area (Å²) < 4.78 is 26.2. The lowest BCUT2D eigenvalue weighted by Crippen LogP contribution is -2.30. The number of sulfonamides is 1. The molecule has 0 aromatic heterocycles. The highest BCUT2D eigenvalue weighted by Crippen LogP contribution is 2.29. The number of hydrogen-bond donors (Lipinski definition) is 2. The van der Waals surface area contributed by atoms with E-state index in [2.05, 4.69) is 10.0 Å². The Hall–Kier alpha value is -0.130. The van der Waals surface area contributed by atoms with Crippen molar-refractivity contribution >= 4 is 10.0 Å². The van der Waals surface area contributed by atoms with Crippen molar-refractivity contribution in [3.63, 3.8) is 0 Å². The van der Waals surface area contributed by atoms with Crippen LogP contribution < -0.4 is 10.0 Å². The van der Waals surface area contributed by atoms with E-state index in [9.17, 15) is 8.42 Å². The second-order valence-corrected chi connectivity index (χ2v) is 7.37. The molecule has 0 aromatic carbocycles. The second kappa shape index (κ2) is 6.16. The molecule has 1 heterocycles. The Morgan fingerprint density at radius 1 is 1.12 bits per heavy atom. The molecule has 100 valence electrons. The first-order valence-electron chi connectivity index (χ1n) is 6.84. The van der Waals surface area contributed by atoms with Crippen molar-refractivity contribution < 1.29 is 8.42 Å². The fourth-order valence-corrected chi connectivity index (χ4v) is 3.77. The smallest absolute Gasteiger partial charge is 0.211 e. The summed E-state index contributed by atoms with van der Waals surface area (Å²) in [6.45, 7) is 2.74. The SMILES string of the molecule is O=S(=O)(CCC1CCC1)NCCC1CCNC1. The van der Waals surface area contributed by atoms with Crippen molar-refractivity contribution in [2.45, 2.75) is 38.5 Å². The zero-order valence-electron chi connectivity index (χ0n) is 10.5. The summed E-state index contributed by atoms with van der Waals surface area (Å²) in [6, 6.07) is 0. The largest absolute Gasteiger partial charge is 0.316 e. The monoisotopic (exact) mass is 260 g/mol. The summed E-state index contributed by atoms with van der Waals surface area (Å²) in [6.07, 6.45) is 6.74. The van der Waals surface area contributed by atoms with Gasteiger partial charge >= 0.3 is 0 Å². The Morgan fingerprint density at radius 2 is 1.94 bits per heavy atom. The van der Waals surface area contributed by atoms with Crippen LogP contribution in [0, 0.1) is 11.8 Å². The lowest BCUT2D eigenvalue weighted by molar-refractivity contribution is 0.307. The molecular formula is C12H24N2O2S. The molecule has 0 spiro atoms. The van der Waals surface area contributed by atoms with E-state index in [1.54, 1.807) is 0 Å². The van der Waals surface area contributed by atoms with Crippen LogP contribution in [0.3, 0.4) is 0 Å². The van der Waals surface area contributed by atoms with Gasteiger partial charge < -0.3 is 5.32 Å². The fourth-order valence-electron chi connectivity index (χ4n) is 2.55. The third-order valence-electron chi connectivity index (χ3n) is 4.06. The molecule has 0 radical (unpaired) electrons. The minimum Gasteiger partial charge on any atom is -0.316 e. The molecule has 2 N–H and O–H groups in total. The molecule has 17 heavy (non-hydrogen) atoms. The Balaban J connectivity index is 1.58. The van der Waals surface area contributed by atoms with E-state index in [0.29, 0.717) is 24.1 Å². The maximum absolute atomic E-state index is 11.7. The molecule has 5 heteroatoms. The van der Waals surface area contributed by atoms with Gasteiger partial charge in [0.05, 0.1) is 5.75 Å². The summed E-state index contributed by atoms with van der Waals surface area (Å²) in [5, 5.41) is 3.30. The number of nitrogens with one attached hydrogen (secondary N) is 2. The molecule has 1 atom stereocenters. The predicted molar refractivity (Wildman–Crippen MR) is 69.3 cm³/mol. The molecule has 0 bridgehead atoms. The van der Waals surface area contributed by atoms with E-state index >= 15 is 0 Å². The topological polar surface area (TPSA) is 58.2 Å². The molecule has 1 saturated carbocycles. The van der Waals surface area contributed by atoms with E-state index in [-0.39, 0.29) is 0 Å². The average molecular weight is 260 g/mol. The minimum atomic E-state index is -3.01. The summed E-state index contributed by atoms with van der Waals surface area (Å²) in [5.74, 6) is 1.65. The van der Waals surface area contributed by atoms with Gasteiger partial charge in [-0.3, -0.25) is 0 Å². The van der Waals surface area contributed by atoms with Gasteiger partial charge in [0.2, 0.25) is 10.0 Å². The molecule has 1 aliphatic carbocycles. The van der Waals surface area contributed by atoms with Crippen LogP contribution in [-0.2, 0) is 10.0 Å². The highest BCUT2D eigenvalue weighted by Gasteiger charge is 2.21. The fraction of sp³-hybridized carbons (Fsp3) is 1.00. The Morgan fingerprint density at radius 3 is 2.53 bits per heavy atom. The van der Waals surface area contributed by atoms with Crippen LogP contribution in [0.1, 0.15) is 38.5 Å². The summed E-state index contributed by atoms with van der Waals surface area (Å²) in [5.41, 5.74) is 0. The van der Waals surface area contributed by atoms with Crippen LogP contribution in [0.25, 0.3) is 0 Å². The van der Waals surface area contributed by atoms with Gasteiger partial charge in [0.25, 0.3) is 0 Å². The molecule has 1 aliphatic heterocycles. The average Bonchev–Trinajstić information content (AvgIpc) is 2.67. The Kier molecular flexibility index (Phi) is 4.82. The van der Waals surface area contributed by atoms with Gasteiger partial charge in [0.1, 0.15) is 0 Å². The zero-order valence-corrected chi connectivity index (χ0v) is 11.3. The number of hydrogen-bond acceptors (Lipinski definition) is 3. The van der Waals surface area contributed by atoms with Gasteiger partial charge in [-0.15, -0.1) is 0 Å². The molecular weight excluding hydrogens is 236 g/mol. The molecule has 1 unspecified atom stereocenters. The van der Waals surface area contributed by atoms with Crippen molar-refractivity contribution in [2.24, 2.45) is 11.8 Å². The predicted octanol–water partition coefficient (Wildman–Crippen LogP) is 1.10. The molecule has 1 saturated heterocycles. The van der Waals surface area contributed by atoms with E-state index in [0.717, 1.165) is 25.9 Å². The zero-order chi connectivity index (χ0) is 12.1. The summed E-state index contributed by atoms with van der Waals surface area (Å²) >= 11 is 0. The molecule has 2 aliphatic rings. The van der Waals surface area contributed by atoms with E-state index in [1.165, 1.54) is 25.7 Å². The third kappa shape index (κ3) is 4.56. The van der Waals surface area contributed by atoms with E-state index in [4.69, 9.17) is 0 Å². The first kappa shape index (κ1) is 13.3. The van der Waals surface area contributed by atoms with Gasteiger partial charge in [0, 0.05) is 6.54 Å². The van der Waals surface area contributed by atoms with Crippen molar-refractivity contribution in [3.8, 4) is 0 Å². The van der Waals surface area contributed by atoms with Crippen molar-refractivity contribution in [1.82, 2.24) is 10.0 Å². The Bertz CT molecular complexity index is 319. The van der Waals surface area contributed by atoms with Gasteiger partial charge in [-0.05, 0) is 44.2 Å². The van der Waals surface area contributed by atoms with Crippen LogP contribution in [0.5, 0.6) is 0 Å². The summed E-state index contributed by atoms with van der Waals surface area (Å²) in [7, 11) is -3.01. The van der Waals surface area contributed by atoms with Gasteiger partial charge in [-0.1, -0.05) is 19.3 Å². The first-order chi connectivity index (χ1) is 8.16. The summed E-state index contributed by atoms with van der Waals surface area (Å²) in [4.78, 5) is 0. The minimum absolute atomic E-state index is 0.320. The third-order valence-corrected chi connectivity index (χ3v) is 5.47. The molecule has 0 aromatic rings. The molecule has 2 fully saturated rings. The van der Waals surface area contributed by atoms with Gasteiger partial charge in [0.15, 0.2) is 0 Å². The maximum atomic E-state index is 11.7. The molecule has 4 nitrogen and oxygen atoms in total. The lowest BCUT2D eigenvalue weighted by atomic mass is 9.84. The van der Waals surface area contributed by atoms with E-state index in [1.807, 2.05) is 0 Å². The highest BCUT2D eigenvalue weighted by molar-refractivity contribution is 7.89. The van der Waals surface area contributed by atoms with Gasteiger partial charge in [-0.25, -0.2) is 13.1 Å². The molecule has 2 rings (SSSR count). The first-order valence-corrected chi connectivity index (χ1v) is 8.49. The molecule has 0 amide bonds. The van der Waals surface area contributed by atoms with Crippen molar-refractivity contribution in [1.29, 1.82) is 0 Å². The lowest BCUT2D eigenvalue weighted by Gasteiger charge is -2.24. The highest BCUT2D eigenvalue weighted by atomic mass is 32.2. The van der Waals surface area contributed by atoms with Crippen LogP contribution in [-0.4, -0.2) is 33.8 Å². The maximum Gasteiger partial charge on any atom is 0.211 e. The second-order valence-electron chi connectivity index (χ2n) is 5.45. The normalized spacial score (nSPS) is 26.0. The van der Waals surface area contributed by atoms with E-state index < -0.39 is 10.0 Å². The van der Waals surface area contributed by atoms with Crippen LogP contribution >= 0.6 is 0 Å². The van der Waals surface area contributed by atoms with Gasteiger partial charge in [-0.2, -0.15) is 0 Å². The van der Waals surface area contributed by atoms with Crippen LogP contribution in [0.4, 0.5) is 0 Å². The quantitative estimate of drug-likeness (QED) is 0.720. The van der Waals surface area contributed by atoms with Crippen molar-refractivity contribution in [3.05, 3.63) is 0 Å².